The average molecular weight is 542 g/mol. The normalized spacial score (nSPS) is 12.8. The molecule has 9 heteroatoms. The van der Waals surface area contributed by atoms with Crippen LogP contribution < -0.4 is 15.4 Å². The number of alkyl carbamates (subject to hydrolysis) is 1. The van der Waals surface area contributed by atoms with Crippen LogP contribution in [-0.4, -0.2) is 47.4 Å². The Morgan fingerprint density at radius 2 is 1.68 bits per heavy atom. The van der Waals surface area contributed by atoms with Gasteiger partial charge in [0.2, 0.25) is 0 Å². The van der Waals surface area contributed by atoms with Crippen LogP contribution in [0.25, 0.3) is 22.0 Å². The van der Waals surface area contributed by atoms with E-state index in [2.05, 4.69) is 15.6 Å². The van der Waals surface area contributed by atoms with Crippen molar-refractivity contribution in [2.24, 2.45) is 0 Å². The van der Waals surface area contributed by atoms with Gasteiger partial charge in [-0.15, -0.1) is 0 Å². The van der Waals surface area contributed by atoms with Crippen LogP contribution in [0.5, 0.6) is 5.75 Å². The van der Waals surface area contributed by atoms with Crippen molar-refractivity contribution in [3.05, 3.63) is 89.6 Å². The molecule has 1 aromatic heterocycles. The van der Waals surface area contributed by atoms with Crippen LogP contribution in [0.15, 0.2) is 72.9 Å². The predicted octanol–water partition coefficient (Wildman–Crippen LogP) is 5.59. The van der Waals surface area contributed by atoms with Crippen LogP contribution in [0, 0.1) is 0 Å². The summed E-state index contributed by atoms with van der Waals surface area (Å²) in [6.45, 7) is 2.64. The van der Waals surface area contributed by atoms with E-state index in [0.29, 0.717) is 23.2 Å². The fraction of sp³-hybridized carbons (Fsp3) is 0.258. The van der Waals surface area contributed by atoms with Crippen LogP contribution in [0.3, 0.4) is 0 Å². The first kappa shape index (κ1) is 26.8. The second-order valence-corrected chi connectivity index (χ2v) is 9.76. The van der Waals surface area contributed by atoms with E-state index in [0.717, 1.165) is 40.6 Å². The second kappa shape index (κ2) is 11.9. The summed E-state index contributed by atoms with van der Waals surface area (Å²) in [4.78, 5) is 40.0. The van der Waals surface area contributed by atoms with E-state index in [1.54, 1.807) is 24.4 Å². The summed E-state index contributed by atoms with van der Waals surface area (Å²) < 4.78 is 10.9. The Labute approximate surface area is 231 Å². The van der Waals surface area contributed by atoms with Gasteiger partial charge in [0.05, 0.1) is 0 Å². The molecular weight excluding hydrogens is 510 g/mol. The topological polar surface area (TPSA) is 130 Å². The van der Waals surface area contributed by atoms with Crippen molar-refractivity contribution in [3.63, 3.8) is 0 Å². The minimum atomic E-state index is -1.23. The minimum Gasteiger partial charge on any atom is -0.480 e. The van der Waals surface area contributed by atoms with Gasteiger partial charge >= 0.3 is 18.2 Å². The maximum absolute atomic E-state index is 12.7. The molecule has 9 nitrogen and oxygen atoms in total. The first-order valence-corrected chi connectivity index (χ1v) is 13.3. The molecule has 5 rings (SSSR count). The molecule has 40 heavy (non-hydrogen) atoms. The number of carboxylic acid groups (broad SMARTS) is 1. The van der Waals surface area contributed by atoms with Crippen molar-refractivity contribution in [2.45, 2.75) is 38.1 Å². The molecule has 1 aliphatic carbocycles. The molecule has 0 saturated carbocycles. The zero-order chi connectivity index (χ0) is 28.1. The second-order valence-electron chi connectivity index (χ2n) is 9.76. The minimum absolute atomic E-state index is 0.00563. The Kier molecular flexibility index (Phi) is 8.00. The lowest BCUT2D eigenvalue weighted by Gasteiger charge is -2.17. The lowest BCUT2D eigenvalue weighted by atomic mass is 9.98. The maximum atomic E-state index is 12.7. The van der Waals surface area contributed by atoms with E-state index in [1.807, 2.05) is 55.5 Å². The Hall–Kier alpha value is -4.79. The summed E-state index contributed by atoms with van der Waals surface area (Å²) in [5, 5.41) is 15.7. The fourth-order valence-electron chi connectivity index (χ4n) is 5.10. The SMILES string of the molecule is CCCCNC(=O)Oc1ccc2[nH]cc(CC(NC(=O)OCC3c4ccccc4-c4ccccc43)C(=O)O)c2c1. The van der Waals surface area contributed by atoms with E-state index in [4.69, 9.17) is 9.47 Å². The third-order valence-corrected chi connectivity index (χ3v) is 7.11. The number of nitrogens with one attached hydrogen (secondary N) is 3. The smallest absolute Gasteiger partial charge is 0.412 e. The van der Waals surface area contributed by atoms with Gasteiger partial charge in [0, 0.05) is 36.0 Å². The number of amides is 2. The highest BCUT2D eigenvalue weighted by Gasteiger charge is 2.30. The zero-order valence-corrected chi connectivity index (χ0v) is 22.1. The van der Waals surface area contributed by atoms with Crippen molar-refractivity contribution in [1.29, 1.82) is 0 Å². The van der Waals surface area contributed by atoms with E-state index in [1.165, 1.54) is 0 Å². The molecule has 4 N–H and O–H groups in total. The molecule has 0 saturated heterocycles. The first-order valence-electron chi connectivity index (χ1n) is 13.3. The number of aromatic nitrogens is 1. The number of fused-ring (bicyclic) bond motifs is 4. The molecule has 2 amide bonds. The fourth-order valence-corrected chi connectivity index (χ4v) is 5.10. The maximum Gasteiger partial charge on any atom is 0.412 e. The Morgan fingerprint density at radius 3 is 2.35 bits per heavy atom. The van der Waals surface area contributed by atoms with E-state index < -0.39 is 24.2 Å². The first-order chi connectivity index (χ1) is 19.4. The van der Waals surface area contributed by atoms with Gasteiger partial charge in [-0.25, -0.2) is 14.4 Å². The molecule has 3 aromatic carbocycles. The summed E-state index contributed by atoms with van der Waals surface area (Å²) in [6, 6.07) is 19.9. The van der Waals surface area contributed by atoms with Crippen LogP contribution in [0.2, 0.25) is 0 Å². The number of H-pyrrole nitrogens is 1. The molecule has 1 aliphatic rings. The predicted molar refractivity (Wildman–Crippen MR) is 151 cm³/mol. The van der Waals surface area contributed by atoms with Gasteiger partial charge in [0.15, 0.2) is 0 Å². The molecule has 1 atom stereocenters. The standard InChI is InChI=1S/C31H31N3O6/c1-2-3-14-32-30(37)40-20-12-13-27-25(16-20)19(17-33-27)15-28(29(35)36)34-31(38)39-18-26-23-10-6-4-8-21(23)22-9-5-7-11-24(22)26/h4-13,16-17,26,28,33H,2-3,14-15,18H2,1H3,(H,32,37)(H,34,38)(H,35,36). The molecular formula is C31H31N3O6. The molecule has 0 radical (unpaired) electrons. The lowest BCUT2D eigenvalue weighted by molar-refractivity contribution is -0.139. The number of aromatic amines is 1. The molecule has 206 valence electrons. The van der Waals surface area contributed by atoms with Gasteiger partial charge in [-0.05, 0) is 52.4 Å². The molecule has 4 aromatic rings. The van der Waals surface area contributed by atoms with Crippen molar-refractivity contribution < 1.29 is 29.0 Å². The number of hydrogen-bond donors (Lipinski definition) is 4. The van der Waals surface area contributed by atoms with Crippen molar-refractivity contribution in [1.82, 2.24) is 15.6 Å². The monoisotopic (exact) mass is 541 g/mol. The number of carboxylic acids is 1. The van der Waals surface area contributed by atoms with Crippen molar-refractivity contribution >= 4 is 29.1 Å². The summed E-state index contributed by atoms with van der Waals surface area (Å²) in [7, 11) is 0. The van der Waals surface area contributed by atoms with Gasteiger partial charge in [-0.1, -0.05) is 61.9 Å². The largest absolute Gasteiger partial charge is 0.480 e. The van der Waals surface area contributed by atoms with E-state index in [9.17, 15) is 19.5 Å². The van der Waals surface area contributed by atoms with Crippen LogP contribution in [-0.2, 0) is 16.0 Å². The third-order valence-electron chi connectivity index (χ3n) is 7.11. The summed E-state index contributed by atoms with van der Waals surface area (Å²) in [5.74, 6) is -0.989. The molecule has 0 aliphatic heterocycles. The summed E-state index contributed by atoms with van der Waals surface area (Å²) in [6.07, 6.45) is 2.14. The number of carbonyl (C=O) groups is 3. The third kappa shape index (κ3) is 5.78. The molecule has 0 bridgehead atoms. The number of benzene rings is 3. The lowest BCUT2D eigenvalue weighted by Crippen LogP contribution is -2.42. The molecule has 0 spiro atoms. The van der Waals surface area contributed by atoms with Crippen molar-refractivity contribution in [3.8, 4) is 16.9 Å². The average Bonchev–Trinajstić information content (AvgIpc) is 3.50. The van der Waals surface area contributed by atoms with Crippen molar-refractivity contribution in [2.75, 3.05) is 13.2 Å². The van der Waals surface area contributed by atoms with Gasteiger partial charge < -0.3 is 30.2 Å². The Morgan fingerprint density at radius 1 is 0.975 bits per heavy atom. The number of rotatable bonds is 10. The summed E-state index contributed by atoms with van der Waals surface area (Å²) in [5.41, 5.74) is 5.76. The van der Waals surface area contributed by atoms with E-state index in [-0.39, 0.29) is 18.9 Å². The number of hydrogen-bond acceptors (Lipinski definition) is 5. The van der Waals surface area contributed by atoms with Crippen LogP contribution in [0.1, 0.15) is 42.4 Å². The molecule has 0 fully saturated rings. The van der Waals surface area contributed by atoms with Gasteiger partial charge in [-0.3, -0.25) is 0 Å². The quantitative estimate of drug-likeness (QED) is 0.194. The van der Waals surface area contributed by atoms with Crippen LogP contribution in [0.4, 0.5) is 9.59 Å². The Balaban J connectivity index is 1.24. The highest BCUT2D eigenvalue weighted by molar-refractivity contribution is 5.87. The number of aliphatic carboxylic acids is 1. The highest BCUT2D eigenvalue weighted by atomic mass is 16.6. The van der Waals surface area contributed by atoms with Gasteiger partial charge in [0.25, 0.3) is 0 Å². The van der Waals surface area contributed by atoms with Gasteiger partial charge in [0.1, 0.15) is 18.4 Å². The molecule has 1 unspecified atom stereocenters. The van der Waals surface area contributed by atoms with Crippen LogP contribution >= 0.6 is 0 Å². The summed E-state index contributed by atoms with van der Waals surface area (Å²) >= 11 is 0. The Bertz CT molecular complexity index is 1500. The van der Waals surface area contributed by atoms with E-state index >= 15 is 0 Å². The zero-order valence-electron chi connectivity index (χ0n) is 22.1. The number of unbranched alkanes of at least 4 members (excludes halogenated alkanes) is 1. The highest BCUT2D eigenvalue weighted by Crippen LogP contribution is 2.44. The number of ether oxygens (including phenoxy) is 2. The van der Waals surface area contributed by atoms with Gasteiger partial charge in [-0.2, -0.15) is 0 Å². The molecule has 1 heterocycles. The number of carbonyl (C=O) groups excluding carboxylic acids is 2.